The zero-order valence-corrected chi connectivity index (χ0v) is 12.5. The van der Waals surface area contributed by atoms with E-state index in [1.54, 1.807) is 0 Å². The molecule has 0 amide bonds. The van der Waals surface area contributed by atoms with Crippen molar-refractivity contribution in [2.45, 2.75) is 38.1 Å². The molecule has 2 N–H and O–H groups in total. The number of imidazole rings is 1. The number of nitrogens with two attached hydrogens (primary N) is 1. The van der Waals surface area contributed by atoms with Crippen LogP contribution in [-0.2, 0) is 6.54 Å². The Balaban J connectivity index is 1.82. The van der Waals surface area contributed by atoms with Crippen LogP contribution < -0.4 is 15.2 Å². The molecule has 1 aliphatic carbocycles. The first kappa shape index (κ1) is 12.9. The maximum absolute atomic E-state index is 5.67. The van der Waals surface area contributed by atoms with E-state index >= 15 is 0 Å². The van der Waals surface area contributed by atoms with E-state index < -0.39 is 0 Å². The van der Waals surface area contributed by atoms with Crippen molar-refractivity contribution < 1.29 is 9.47 Å². The van der Waals surface area contributed by atoms with Gasteiger partial charge in [0, 0.05) is 31.0 Å². The average molecular weight is 303 g/mol. The third-order valence-corrected chi connectivity index (χ3v) is 4.53. The SMILES string of the molecule is NC(=S)CCn1c(C2CCC2)nc2cc3c(cc21)OCO3. The second-order valence-corrected chi connectivity index (χ2v) is 6.18. The zero-order valence-electron chi connectivity index (χ0n) is 11.7. The Kier molecular flexibility index (Phi) is 2.99. The minimum absolute atomic E-state index is 0.282. The Bertz CT molecular complexity index is 721. The van der Waals surface area contributed by atoms with E-state index in [0.29, 0.717) is 17.3 Å². The summed E-state index contributed by atoms with van der Waals surface area (Å²) in [5.74, 6) is 3.28. The lowest BCUT2D eigenvalue weighted by Gasteiger charge is -2.25. The van der Waals surface area contributed by atoms with Crippen LogP contribution in [0.1, 0.15) is 37.4 Å². The normalized spacial score (nSPS) is 17.1. The molecule has 0 atom stereocenters. The van der Waals surface area contributed by atoms with Crippen molar-refractivity contribution in [3.05, 3.63) is 18.0 Å². The second-order valence-electron chi connectivity index (χ2n) is 5.66. The lowest BCUT2D eigenvalue weighted by molar-refractivity contribution is 0.174. The number of hydrogen-bond donors (Lipinski definition) is 1. The second kappa shape index (κ2) is 4.87. The Morgan fingerprint density at radius 2 is 2.10 bits per heavy atom. The number of nitrogens with zero attached hydrogens (tertiary/aromatic N) is 2. The van der Waals surface area contributed by atoms with Crippen molar-refractivity contribution in [1.29, 1.82) is 0 Å². The van der Waals surface area contributed by atoms with E-state index in [9.17, 15) is 0 Å². The van der Waals surface area contributed by atoms with E-state index in [4.69, 9.17) is 32.4 Å². The summed E-state index contributed by atoms with van der Waals surface area (Å²) in [7, 11) is 0. The summed E-state index contributed by atoms with van der Waals surface area (Å²) in [5.41, 5.74) is 7.71. The van der Waals surface area contributed by atoms with Crippen LogP contribution in [0.3, 0.4) is 0 Å². The molecule has 5 nitrogen and oxygen atoms in total. The number of ether oxygens (including phenoxy) is 2. The molecule has 1 fully saturated rings. The van der Waals surface area contributed by atoms with Gasteiger partial charge in [0.1, 0.15) is 5.82 Å². The molecule has 4 rings (SSSR count). The topological polar surface area (TPSA) is 62.3 Å². The predicted molar refractivity (Wildman–Crippen MR) is 83.9 cm³/mol. The predicted octanol–water partition coefficient (Wildman–Crippen LogP) is 2.71. The largest absolute Gasteiger partial charge is 0.454 e. The van der Waals surface area contributed by atoms with Crippen LogP contribution in [0.5, 0.6) is 11.5 Å². The van der Waals surface area contributed by atoms with Crippen molar-refractivity contribution in [1.82, 2.24) is 9.55 Å². The Morgan fingerprint density at radius 3 is 2.76 bits per heavy atom. The maximum atomic E-state index is 5.67. The van der Waals surface area contributed by atoms with E-state index in [2.05, 4.69) is 4.57 Å². The van der Waals surface area contributed by atoms with Crippen LogP contribution in [0.15, 0.2) is 12.1 Å². The highest BCUT2D eigenvalue weighted by atomic mass is 32.1. The average Bonchev–Trinajstić information content (AvgIpc) is 2.95. The number of fused-ring (bicyclic) bond motifs is 2. The van der Waals surface area contributed by atoms with E-state index in [0.717, 1.165) is 34.9 Å². The van der Waals surface area contributed by atoms with Gasteiger partial charge in [0.05, 0.1) is 16.0 Å². The number of rotatable bonds is 4. The highest BCUT2D eigenvalue weighted by Crippen LogP contribution is 2.40. The van der Waals surface area contributed by atoms with Crippen molar-refractivity contribution in [2.24, 2.45) is 5.73 Å². The monoisotopic (exact) mass is 303 g/mol. The van der Waals surface area contributed by atoms with Gasteiger partial charge in [-0.25, -0.2) is 4.98 Å². The van der Waals surface area contributed by atoms with Crippen molar-refractivity contribution in [3.63, 3.8) is 0 Å². The van der Waals surface area contributed by atoms with E-state index in [-0.39, 0.29) is 6.79 Å². The maximum Gasteiger partial charge on any atom is 0.231 e. The molecule has 21 heavy (non-hydrogen) atoms. The van der Waals surface area contributed by atoms with Gasteiger partial charge in [-0.3, -0.25) is 0 Å². The summed E-state index contributed by atoms with van der Waals surface area (Å²) >= 11 is 5.02. The molecule has 6 heteroatoms. The number of thiocarbonyl (C=S) groups is 1. The molecular weight excluding hydrogens is 286 g/mol. The van der Waals surface area contributed by atoms with Gasteiger partial charge in [-0.05, 0) is 12.8 Å². The molecule has 2 aromatic rings. The first-order chi connectivity index (χ1) is 10.2. The molecule has 2 heterocycles. The molecule has 1 aromatic carbocycles. The van der Waals surface area contributed by atoms with Crippen LogP contribution in [0.4, 0.5) is 0 Å². The van der Waals surface area contributed by atoms with Gasteiger partial charge in [-0.15, -0.1) is 0 Å². The van der Waals surface area contributed by atoms with E-state index in [1.807, 2.05) is 12.1 Å². The smallest absolute Gasteiger partial charge is 0.231 e. The Hall–Kier alpha value is -1.82. The van der Waals surface area contributed by atoms with Crippen LogP contribution in [0, 0.1) is 0 Å². The molecule has 0 spiro atoms. The summed E-state index contributed by atoms with van der Waals surface area (Å²) in [6, 6.07) is 3.99. The third kappa shape index (κ3) is 2.14. The van der Waals surface area contributed by atoms with Gasteiger partial charge in [-0.1, -0.05) is 18.6 Å². The van der Waals surface area contributed by atoms with Crippen molar-refractivity contribution >= 4 is 28.2 Å². The summed E-state index contributed by atoms with van der Waals surface area (Å²) in [4.78, 5) is 5.37. The van der Waals surface area contributed by atoms with Gasteiger partial charge < -0.3 is 19.8 Å². The zero-order chi connectivity index (χ0) is 14.4. The number of hydrogen-bond acceptors (Lipinski definition) is 4. The van der Waals surface area contributed by atoms with Gasteiger partial charge in [0.15, 0.2) is 11.5 Å². The van der Waals surface area contributed by atoms with Crippen LogP contribution in [0.25, 0.3) is 11.0 Å². The lowest BCUT2D eigenvalue weighted by atomic mass is 9.85. The minimum Gasteiger partial charge on any atom is -0.454 e. The van der Waals surface area contributed by atoms with Crippen molar-refractivity contribution in [2.75, 3.05) is 6.79 Å². The quantitative estimate of drug-likeness (QED) is 0.880. The molecule has 1 saturated carbocycles. The fourth-order valence-electron chi connectivity index (χ4n) is 2.97. The Labute approximate surface area is 128 Å². The molecule has 0 bridgehead atoms. The van der Waals surface area contributed by atoms with E-state index in [1.165, 1.54) is 19.3 Å². The fraction of sp³-hybridized carbons (Fsp3) is 0.467. The van der Waals surface area contributed by atoms with Gasteiger partial charge >= 0.3 is 0 Å². The first-order valence-corrected chi connectivity index (χ1v) is 7.71. The van der Waals surface area contributed by atoms with Gasteiger partial charge in [0.2, 0.25) is 6.79 Å². The summed E-state index contributed by atoms with van der Waals surface area (Å²) < 4.78 is 13.2. The van der Waals surface area contributed by atoms with Gasteiger partial charge in [0.25, 0.3) is 0 Å². The summed E-state index contributed by atoms with van der Waals surface area (Å²) in [6.07, 6.45) is 4.40. The Morgan fingerprint density at radius 1 is 1.33 bits per heavy atom. The van der Waals surface area contributed by atoms with Crippen molar-refractivity contribution in [3.8, 4) is 11.5 Å². The van der Waals surface area contributed by atoms with Crippen LogP contribution in [-0.4, -0.2) is 21.3 Å². The highest BCUT2D eigenvalue weighted by molar-refractivity contribution is 7.80. The molecule has 110 valence electrons. The van der Waals surface area contributed by atoms with Crippen LogP contribution in [0.2, 0.25) is 0 Å². The van der Waals surface area contributed by atoms with Gasteiger partial charge in [-0.2, -0.15) is 0 Å². The third-order valence-electron chi connectivity index (χ3n) is 4.32. The number of aryl methyl sites for hydroxylation is 1. The minimum atomic E-state index is 0.282. The standard InChI is InChI=1S/C15H17N3O2S/c16-14(21)4-5-18-11-7-13-12(19-8-20-13)6-10(11)17-15(18)9-2-1-3-9/h6-7,9H,1-5,8H2,(H2,16,21). The first-order valence-electron chi connectivity index (χ1n) is 7.30. The summed E-state index contributed by atoms with van der Waals surface area (Å²) in [5, 5.41) is 0. The summed E-state index contributed by atoms with van der Waals surface area (Å²) in [6.45, 7) is 1.06. The molecule has 0 radical (unpaired) electrons. The number of benzene rings is 1. The molecular formula is C15H17N3O2S. The molecule has 1 aliphatic heterocycles. The number of aromatic nitrogens is 2. The lowest BCUT2D eigenvalue weighted by Crippen LogP contribution is -2.18. The van der Waals surface area contributed by atoms with Crippen LogP contribution >= 0.6 is 12.2 Å². The fourth-order valence-corrected chi connectivity index (χ4v) is 3.06. The molecule has 2 aliphatic rings. The molecule has 0 unspecified atom stereocenters. The molecule has 0 saturated heterocycles. The highest BCUT2D eigenvalue weighted by Gasteiger charge is 2.27. The molecule has 1 aromatic heterocycles.